The zero-order valence-electron chi connectivity index (χ0n) is 12.9. The number of nitrogens with zero attached hydrogens (tertiary/aromatic N) is 3. The van der Waals surface area contributed by atoms with Crippen LogP contribution in [0, 0.1) is 11.8 Å². The fourth-order valence-corrected chi connectivity index (χ4v) is 3.53. The average molecular weight is 268 g/mol. The molecule has 0 radical (unpaired) electrons. The van der Waals surface area contributed by atoms with E-state index in [9.17, 15) is 0 Å². The van der Waals surface area contributed by atoms with Crippen molar-refractivity contribution < 1.29 is 0 Å². The number of piperazine rings is 1. The van der Waals surface area contributed by atoms with Crippen LogP contribution in [0.25, 0.3) is 0 Å². The van der Waals surface area contributed by atoms with Gasteiger partial charge in [-0.25, -0.2) is 0 Å². The summed E-state index contributed by atoms with van der Waals surface area (Å²) in [5, 5.41) is 0. The standard InChI is InChI=1S/C15H32N4/c1-17(2)6-7-18-8-10-19(11-9-18)13-15-5-3-4-14(15)12-16/h14-15H,3-13,16H2,1-2H3. The predicted octanol–water partition coefficient (Wildman–Crippen LogP) is 0.541. The third-order valence-electron chi connectivity index (χ3n) is 4.94. The van der Waals surface area contributed by atoms with Crippen molar-refractivity contribution in [2.75, 3.05) is 66.5 Å². The first kappa shape index (κ1) is 15.2. The molecule has 0 aromatic rings. The lowest BCUT2D eigenvalue weighted by molar-refractivity contribution is 0.106. The smallest absolute Gasteiger partial charge is 0.0110 e. The molecule has 0 aromatic heterocycles. The van der Waals surface area contributed by atoms with Crippen molar-refractivity contribution in [1.82, 2.24) is 14.7 Å². The van der Waals surface area contributed by atoms with Gasteiger partial charge in [-0.1, -0.05) is 6.42 Å². The largest absolute Gasteiger partial charge is 0.330 e. The molecule has 19 heavy (non-hydrogen) atoms. The van der Waals surface area contributed by atoms with E-state index in [0.717, 1.165) is 18.4 Å². The molecule has 2 unspecified atom stereocenters. The molecule has 0 amide bonds. The van der Waals surface area contributed by atoms with E-state index >= 15 is 0 Å². The van der Waals surface area contributed by atoms with Gasteiger partial charge in [0, 0.05) is 45.8 Å². The van der Waals surface area contributed by atoms with Crippen LogP contribution in [0.2, 0.25) is 0 Å². The van der Waals surface area contributed by atoms with Gasteiger partial charge >= 0.3 is 0 Å². The van der Waals surface area contributed by atoms with Crippen LogP contribution in [-0.2, 0) is 0 Å². The summed E-state index contributed by atoms with van der Waals surface area (Å²) < 4.78 is 0. The van der Waals surface area contributed by atoms with Crippen molar-refractivity contribution in [3.05, 3.63) is 0 Å². The molecule has 2 aliphatic rings. The number of hydrogen-bond acceptors (Lipinski definition) is 4. The minimum atomic E-state index is 0.798. The lowest BCUT2D eigenvalue weighted by atomic mass is 9.95. The summed E-state index contributed by atoms with van der Waals surface area (Å²) in [7, 11) is 4.31. The highest BCUT2D eigenvalue weighted by atomic mass is 15.3. The molecule has 1 heterocycles. The second kappa shape index (κ2) is 7.58. The Kier molecular flexibility index (Phi) is 6.07. The first-order valence-electron chi connectivity index (χ1n) is 7.98. The molecule has 1 aliphatic heterocycles. The summed E-state index contributed by atoms with van der Waals surface area (Å²) in [5.74, 6) is 1.67. The number of rotatable bonds is 6. The van der Waals surface area contributed by atoms with Gasteiger partial charge in [0.1, 0.15) is 0 Å². The van der Waals surface area contributed by atoms with Crippen molar-refractivity contribution >= 4 is 0 Å². The molecule has 2 N–H and O–H groups in total. The van der Waals surface area contributed by atoms with Crippen LogP contribution >= 0.6 is 0 Å². The van der Waals surface area contributed by atoms with Crippen LogP contribution in [0.15, 0.2) is 0 Å². The molecule has 4 nitrogen and oxygen atoms in total. The highest BCUT2D eigenvalue weighted by Gasteiger charge is 2.28. The fraction of sp³-hybridized carbons (Fsp3) is 1.00. The van der Waals surface area contributed by atoms with Gasteiger partial charge in [-0.3, -0.25) is 4.90 Å². The van der Waals surface area contributed by atoms with E-state index in [1.807, 2.05) is 0 Å². The predicted molar refractivity (Wildman–Crippen MR) is 81.3 cm³/mol. The fourth-order valence-electron chi connectivity index (χ4n) is 3.53. The SMILES string of the molecule is CN(C)CCN1CCN(CC2CCCC2CN)CC1. The van der Waals surface area contributed by atoms with Crippen LogP contribution < -0.4 is 5.73 Å². The molecule has 2 rings (SSSR count). The van der Waals surface area contributed by atoms with E-state index in [0.29, 0.717) is 0 Å². The molecular weight excluding hydrogens is 236 g/mol. The minimum Gasteiger partial charge on any atom is -0.330 e. The molecule has 4 heteroatoms. The lowest BCUT2D eigenvalue weighted by Gasteiger charge is -2.37. The van der Waals surface area contributed by atoms with Gasteiger partial charge < -0.3 is 15.5 Å². The van der Waals surface area contributed by atoms with Gasteiger partial charge in [-0.15, -0.1) is 0 Å². The highest BCUT2D eigenvalue weighted by Crippen LogP contribution is 2.31. The maximum atomic E-state index is 5.89. The van der Waals surface area contributed by atoms with Crippen LogP contribution in [0.4, 0.5) is 0 Å². The molecule has 112 valence electrons. The lowest BCUT2D eigenvalue weighted by Crippen LogP contribution is -2.49. The number of likely N-dealkylation sites (N-methyl/N-ethyl adjacent to an activating group) is 1. The molecule has 0 spiro atoms. The van der Waals surface area contributed by atoms with Gasteiger partial charge in [-0.2, -0.15) is 0 Å². The van der Waals surface area contributed by atoms with Crippen LogP contribution in [0.1, 0.15) is 19.3 Å². The highest BCUT2D eigenvalue weighted by molar-refractivity contribution is 4.82. The summed E-state index contributed by atoms with van der Waals surface area (Å²) in [4.78, 5) is 7.55. The molecule has 2 atom stereocenters. The number of hydrogen-bond donors (Lipinski definition) is 1. The first-order valence-corrected chi connectivity index (χ1v) is 7.98. The summed E-state index contributed by atoms with van der Waals surface area (Å²) in [6.07, 6.45) is 4.17. The quantitative estimate of drug-likeness (QED) is 0.763. The molecule has 0 bridgehead atoms. The second-order valence-electron chi connectivity index (χ2n) is 6.63. The Morgan fingerprint density at radius 1 is 1.00 bits per heavy atom. The number of nitrogens with two attached hydrogens (primary N) is 1. The van der Waals surface area contributed by atoms with Crippen molar-refractivity contribution in [2.45, 2.75) is 19.3 Å². The maximum absolute atomic E-state index is 5.89. The Morgan fingerprint density at radius 2 is 1.63 bits per heavy atom. The molecule has 1 saturated carbocycles. The summed E-state index contributed by atoms with van der Waals surface area (Å²) in [5.41, 5.74) is 5.89. The van der Waals surface area contributed by atoms with Crippen LogP contribution in [0.5, 0.6) is 0 Å². The van der Waals surface area contributed by atoms with Crippen molar-refractivity contribution in [1.29, 1.82) is 0 Å². The molecule has 1 aliphatic carbocycles. The van der Waals surface area contributed by atoms with Gasteiger partial charge in [0.2, 0.25) is 0 Å². The van der Waals surface area contributed by atoms with Crippen molar-refractivity contribution in [2.24, 2.45) is 17.6 Å². The van der Waals surface area contributed by atoms with Crippen LogP contribution in [-0.4, -0.2) is 81.2 Å². The maximum Gasteiger partial charge on any atom is 0.0110 e. The van der Waals surface area contributed by atoms with E-state index in [2.05, 4.69) is 28.8 Å². The Labute approximate surface area is 118 Å². The average Bonchev–Trinajstić information content (AvgIpc) is 2.85. The van der Waals surface area contributed by atoms with Gasteiger partial charge in [-0.05, 0) is 45.3 Å². The Balaban J connectivity index is 1.66. The van der Waals surface area contributed by atoms with E-state index in [-0.39, 0.29) is 0 Å². The topological polar surface area (TPSA) is 35.7 Å². The van der Waals surface area contributed by atoms with Crippen molar-refractivity contribution in [3.63, 3.8) is 0 Å². The summed E-state index contributed by atoms with van der Waals surface area (Å²) >= 11 is 0. The van der Waals surface area contributed by atoms with Gasteiger partial charge in [0.15, 0.2) is 0 Å². The van der Waals surface area contributed by atoms with Gasteiger partial charge in [0.05, 0.1) is 0 Å². The van der Waals surface area contributed by atoms with E-state index in [4.69, 9.17) is 5.73 Å². The van der Waals surface area contributed by atoms with E-state index in [1.54, 1.807) is 0 Å². The Bertz CT molecular complexity index is 249. The van der Waals surface area contributed by atoms with Crippen LogP contribution in [0.3, 0.4) is 0 Å². The molecule has 0 aromatic carbocycles. The molecule has 1 saturated heterocycles. The Hall–Kier alpha value is -0.160. The van der Waals surface area contributed by atoms with E-state index < -0.39 is 0 Å². The normalized spacial score (nSPS) is 30.3. The van der Waals surface area contributed by atoms with Crippen molar-refractivity contribution in [3.8, 4) is 0 Å². The molecular formula is C15H32N4. The van der Waals surface area contributed by atoms with E-state index in [1.165, 1.54) is 65.1 Å². The summed E-state index contributed by atoms with van der Waals surface area (Å²) in [6.45, 7) is 9.58. The van der Waals surface area contributed by atoms with Gasteiger partial charge in [0.25, 0.3) is 0 Å². The third-order valence-corrected chi connectivity index (χ3v) is 4.94. The molecule has 2 fully saturated rings. The Morgan fingerprint density at radius 3 is 2.26 bits per heavy atom. The zero-order valence-corrected chi connectivity index (χ0v) is 12.9. The first-order chi connectivity index (χ1) is 9.19. The minimum absolute atomic E-state index is 0.798. The monoisotopic (exact) mass is 268 g/mol. The second-order valence-corrected chi connectivity index (χ2v) is 6.63. The zero-order chi connectivity index (χ0) is 13.7. The third kappa shape index (κ3) is 4.71. The summed E-state index contributed by atoms with van der Waals surface area (Å²) in [6, 6.07) is 0.